The number of aliphatic hydroxyl groups excluding tert-OH is 1. The lowest BCUT2D eigenvalue weighted by Crippen LogP contribution is -2.30. The Morgan fingerprint density at radius 2 is 2.58 bits per heavy atom. The van der Waals surface area contributed by atoms with E-state index < -0.39 is 6.10 Å². The molecule has 0 spiro atoms. The third-order valence-corrected chi connectivity index (χ3v) is 1.40. The van der Waals surface area contributed by atoms with E-state index in [2.05, 4.69) is 10.3 Å². The molecule has 0 bridgehead atoms. The minimum Gasteiger partial charge on any atom is -0.392 e. The molecule has 1 aromatic heterocycles. The van der Waals surface area contributed by atoms with Crippen molar-refractivity contribution in [2.24, 2.45) is 0 Å². The minimum absolute atomic E-state index is 0.194. The van der Waals surface area contributed by atoms with Crippen LogP contribution < -0.4 is 5.32 Å². The SMILES string of the molecule is C[C@H](O)CNC(=O)c1ccc[nH]1. The minimum atomic E-state index is -0.510. The van der Waals surface area contributed by atoms with Crippen molar-refractivity contribution in [1.29, 1.82) is 0 Å². The van der Waals surface area contributed by atoms with Gasteiger partial charge in [-0.15, -0.1) is 0 Å². The van der Waals surface area contributed by atoms with Gasteiger partial charge in [0.05, 0.1) is 6.10 Å². The fraction of sp³-hybridized carbons (Fsp3) is 0.375. The van der Waals surface area contributed by atoms with Crippen molar-refractivity contribution < 1.29 is 9.90 Å². The number of aromatic nitrogens is 1. The Hall–Kier alpha value is -1.29. The topological polar surface area (TPSA) is 65.1 Å². The van der Waals surface area contributed by atoms with Crippen molar-refractivity contribution >= 4 is 5.91 Å². The average Bonchev–Trinajstić information content (AvgIpc) is 2.51. The van der Waals surface area contributed by atoms with Crippen LogP contribution in [-0.2, 0) is 0 Å². The molecular weight excluding hydrogens is 156 g/mol. The van der Waals surface area contributed by atoms with Gasteiger partial charge in [-0.25, -0.2) is 0 Å². The number of carbonyl (C=O) groups excluding carboxylic acids is 1. The van der Waals surface area contributed by atoms with Gasteiger partial charge in [-0.05, 0) is 19.1 Å². The van der Waals surface area contributed by atoms with E-state index in [4.69, 9.17) is 5.11 Å². The third kappa shape index (κ3) is 2.39. The molecule has 0 aliphatic heterocycles. The summed E-state index contributed by atoms with van der Waals surface area (Å²) in [6, 6.07) is 3.43. The molecule has 1 heterocycles. The lowest BCUT2D eigenvalue weighted by molar-refractivity contribution is 0.0919. The Morgan fingerprint density at radius 1 is 1.83 bits per heavy atom. The summed E-state index contributed by atoms with van der Waals surface area (Å²) in [5, 5.41) is 11.4. The number of nitrogens with one attached hydrogen (secondary N) is 2. The van der Waals surface area contributed by atoms with Gasteiger partial charge in [0.1, 0.15) is 5.69 Å². The summed E-state index contributed by atoms with van der Waals surface area (Å²) in [5.41, 5.74) is 0.510. The van der Waals surface area contributed by atoms with E-state index in [0.717, 1.165) is 0 Å². The molecule has 0 unspecified atom stereocenters. The monoisotopic (exact) mass is 168 g/mol. The lowest BCUT2D eigenvalue weighted by atomic mass is 10.3. The van der Waals surface area contributed by atoms with Crippen LogP contribution in [0.1, 0.15) is 17.4 Å². The van der Waals surface area contributed by atoms with Gasteiger partial charge in [-0.3, -0.25) is 4.79 Å². The largest absolute Gasteiger partial charge is 0.392 e. The van der Waals surface area contributed by atoms with E-state index in [0.29, 0.717) is 5.69 Å². The molecular formula is C8H12N2O2. The van der Waals surface area contributed by atoms with Crippen LogP contribution in [0, 0.1) is 0 Å². The molecule has 0 aliphatic rings. The van der Waals surface area contributed by atoms with Crippen LogP contribution in [0.4, 0.5) is 0 Å². The van der Waals surface area contributed by atoms with Crippen LogP contribution >= 0.6 is 0 Å². The first-order chi connectivity index (χ1) is 5.70. The number of hydrogen-bond donors (Lipinski definition) is 3. The average molecular weight is 168 g/mol. The second kappa shape index (κ2) is 3.92. The Labute approximate surface area is 70.6 Å². The summed E-state index contributed by atoms with van der Waals surface area (Å²) in [6.45, 7) is 1.90. The molecule has 12 heavy (non-hydrogen) atoms. The van der Waals surface area contributed by atoms with Crippen LogP contribution in [-0.4, -0.2) is 28.6 Å². The Kier molecular flexibility index (Phi) is 2.88. The first-order valence-corrected chi connectivity index (χ1v) is 3.80. The maximum atomic E-state index is 11.2. The molecule has 1 aromatic rings. The van der Waals surface area contributed by atoms with Gasteiger partial charge in [-0.1, -0.05) is 0 Å². The number of carbonyl (C=O) groups is 1. The van der Waals surface area contributed by atoms with Crippen molar-refractivity contribution in [2.75, 3.05) is 6.54 Å². The highest BCUT2D eigenvalue weighted by Crippen LogP contribution is 1.93. The van der Waals surface area contributed by atoms with E-state index in [1.54, 1.807) is 25.3 Å². The van der Waals surface area contributed by atoms with Gasteiger partial charge in [0.15, 0.2) is 0 Å². The zero-order valence-corrected chi connectivity index (χ0v) is 6.87. The van der Waals surface area contributed by atoms with E-state index in [-0.39, 0.29) is 12.5 Å². The molecule has 4 nitrogen and oxygen atoms in total. The number of aromatic amines is 1. The molecule has 0 fully saturated rings. The van der Waals surface area contributed by atoms with E-state index in [9.17, 15) is 4.79 Å². The molecule has 0 saturated carbocycles. The van der Waals surface area contributed by atoms with Crippen LogP contribution in [0.15, 0.2) is 18.3 Å². The summed E-state index contributed by atoms with van der Waals surface area (Å²) in [7, 11) is 0. The first-order valence-electron chi connectivity index (χ1n) is 3.80. The van der Waals surface area contributed by atoms with Crippen molar-refractivity contribution in [2.45, 2.75) is 13.0 Å². The Morgan fingerprint density at radius 3 is 3.08 bits per heavy atom. The predicted molar refractivity (Wildman–Crippen MR) is 44.8 cm³/mol. The second-order valence-electron chi connectivity index (χ2n) is 2.64. The van der Waals surface area contributed by atoms with E-state index in [1.807, 2.05) is 0 Å². The molecule has 0 radical (unpaired) electrons. The first kappa shape index (κ1) is 8.80. The molecule has 0 aromatic carbocycles. The molecule has 1 atom stereocenters. The normalized spacial score (nSPS) is 12.5. The van der Waals surface area contributed by atoms with Crippen LogP contribution in [0.2, 0.25) is 0 Å². The number of rotatable bonds is 3. The highest BCUT2D eigenvalue weighted by molar-refractivity contribution is 5.92. The maximum Gasteiger partial charge on any atom is 0.267 e. The predicted octanol–water partition coefficient (Wildman–Crippen LogP) is 0.125. The van der Waals surface area contributed by atoms with Crippen molar-refractivity contribution in [3.63, 3.8) is 0 Å². The van der Waals surface area contributed by atoms with Gasteiger partial charge >= 0.3 is 0 Å². The number of amides is 1. The number of hydrogen-bond acceptors (Lipinski definition) is 2. The highest BCUT2D eigenvalue weighted by Gasteiger charge is 2.05. The molecule has 66 valence electrons. The molecule has 1 amide bonds. The zero-order valence-electron chi connectivity index (χ0n) is 6.87. The third-order valence-electron chi connectivity index (χ3n) is 1.40. The van der Waals surface area contributed by atoms with Crippen LogP contribution in [0.5, 0.6) is 0 Å². The molecule has 1 rings (SSSR count). The Bertz CT molecular complexity index is 242. The van der Waals surface area contributed by atoms with Crippen molar-refractivity contribution in [1.82, 2.24) is 10.3 Å². The Balaban J connectivity index is 2.40. The molecule has 4 heteroatoms. The number of aliphatic hydroxyl groups is 1. The van der Waals surface area contributed by atoms with E-state index in [1.165, 1.54) is 0 Å². The zero-order chi connectivity index (χ0) is 8.97. The quantitative estimate of drug-likeness (QED) is 0.600. The highest BCUT2D eigenvalue weighted by atomic mass is 16.3. The summed E-state index contributed by atoms with van der Waals surface area (Å²) in [4.78, 5) is 13.9. The smallest absolute Gasteiger partial charge is 0.267 e. The van der Waals surface area contributed by atoms with Gasteiger partial charge in [0.2, 0.25) is 0 Å². The van der Waals surface area contributed by atoms with E-state index >= 15 is 0 Å². The molecule has 0 saturated heterocycles. The summed E-state index contributed by atoms with van der Waals surface area (Å²) < 4.78 is 0. The second-order valence-corrected chi connectivity index (χ2v) is 2.64. The standard InChI is InChI=1S/C8H12N2O2/c1-6(11)5-10-8(12)7-3-2-4-9-7/h2-4,6,9,11H,5H2,1H3,(H,10,12)/t6-/m0/s1. The van der Waals surface area contributed by atoms with Gasteiger partial charge in [-0.2, -0.15) is 0 Å². The fourth-order valence-corrected chi connectivity index (χ4v) is 0.807. The van der Waals surface area contributed by atoms with Gasteiger partial charge in [0.25, 0.3) is 5.91 Å². The molecule has 0 aliphatic carbocycles. The number of H-pyrrole nitrogens is 1. The van der Waals surface area contributed by atoms with Gasteiger partial charge < -0.3 is 15.4 Å². The maximum absolute atomic E-state index is 11.2. The van der Waals surface area contributed by atoms with Crippen molar-refractivity contribution in [3.8, 4) is 0 Å². The van der Waals surface area contributed by atoms with Crippen molar-refractivity contribution in [3.05, 3.63) is 24.0 Å². The van der Waals surface area contributed by atoms with Crippen LogP contribution in [0.25, 0.3) is 0 Å². The summed E-state index contributed by atoms with van der Waals surface area (Å²) in [6.07, 6.45) is 1.17. The fourth-order valence-electron chi connectivity index (χ4n) is 0.807. The van der Waals surface area contributed by atoms with Gasteiger partial charge in [0, 0.05) is 12.7 Å². The summed E-state index contributed by atoms with van der Waals surface area (Å²) >= 11 is 0. The lowest BCUT2D eigenvalue weighted by Gasteiger charge is -2.04. The summed E-state index contributed by atoms with van der Waals surface area (Å²) in [5.74, 6) is -0.194. The molecule has 3 N–H and O–H groups in total. The van der Waals surface area contributed by atoms with Crippen LogP contribution in [0.3, 0.4) is 0 Å².